The summed E-state index contributed by atoms with van der Waals surface area (Å²) in [6.45, 7) is 5.64. The number of hydrogen-bond donors (Lipinski definition) is 1. The Labute approximate surface area is 108 Å². The molecule has 1 aliphatic rings. The Morgan fingerprint density at radius 2 is 1.94 bits per heavy atom. The molecule has 0 aromatic heterocycles. The van der Waals surface area contributed by atoms with Gasteiger partial charge in [-0.25, -0.2) is 4.39 Å². The standard InChI is InChI=1S/C15H22FNO/c1-9-7-15(13(11(3)18)8-14(9)16)17(4)10(2)12-5-6-12/h7-8,10-12,18H,5-6H2,1-4H3/t10?,11-/m0/s1. The third kappa shape index (κ3) is 2.51. The first-order chi connectivity index (χ1) is 8.41. The van der Waals surface area contributed by atoms with E-state index in [2.05, 4.69) is 11.8 Å². The number of anilines is 1. The van der Waals surface area contributed by atoms with Gasteiger partial charge in [0.1, 0.15) is 5.82 Å². The summed E-state index contributed by atoms with van der Waals surface area (Å²) < 4.78 is 13.6. The molecule has 2 rings (SSSR count). The smallest absolute Gasteiger partial charge is 0.126 e. The van der Waals surface area contributed by atoms with Crippen LogP contribution in [0.2, 0.25) is 0 Å². The molecule has 100 valence electrons. The van der Waals surface area contributed by atoms with E-state index in [4.69, 9.17) is 0 Å². The predicted octanol–water partition coefficient (Wildman–Crippen LogP) is 3.42. The van der Waals surface area contributed by atoms with E-state index in [9.17, 15) is 9.50 Å². The van der Waals surface area contributed by atoms with Crippen LogP contribution >= 0.6 is 0 Å². The van der Waals surface area contributed by atoms with Gasteiger partial charge in [-0.1, -0.05) is 0 Å². The minimum atomic E-state index is -0.649. The Morgan fingerprint density at radius 1 is 1.33 bits per heavy atom. The summed E-state index contributed by atoms with van der Waals surface area (Å²) in [5.41, 5.74) is 2.25. The Hall–Kier alpha value is -1.09. The van der Waals surface area contributed by atoms with Crippen LogP contribution in [0.25, 0.3) is 0 Å². The fourth-order valence-electron chi connectivity index (χ4n) is 2.44. The van der Waals surface area contributed by atoms with Crippen LogP contribution in [0.3, 0.4) is 0 Å². The Kier molecular flexibility index (Phi) is 3.62. The van der Waals surface area contributed by atoms with Crippen LogP contribution in [0.1, 0.15) is 43.9 Å². The SMILES string of the molecule is Cc1cc(N(C)C(C)C2CC2)c([C@H](C)O)cc1F. The fourth-order valence-corrected chi connectivity index (χ4v) is 2.44. The molecular weight excluding hydrogens is 229 g/mol. The van der Waals surface area contributed by atoms with Crippen LogP contribution in [0.5, 0.6) is 0 Å². The molecule has 0 saturated heterocycles. The summed E-state index contributed by atoms with van der Waals surface area (Å²) in [7, 11) is 2.03. The second-order valence-corrected chi connectivity index (χ2v) is 5.53. The molecule has 18 heavy (non-hydrogen) atoms. The number of aryl methyl sites for hydroxylation is 1. The number of aliphatic hydroxyl groups is 1. The van der Waals surface area contributed by atoms with E-state index in [1.807, 2.05) is 13.1 Å². The van der Waals surface area contributed by atoms with Crippen LogP contribution < -0.4 is 4.90 Å². The van der Waals surface area contributed by atoms with Gasteiger partial charge in [-0.3, -0.25) is 0 Å². The molecule has 0 radical (unpaired) electrons. The molecule has 1 saturated carbocycles. The van der Waals surface area contributed by atoms with Gasteiger partial charge >= 0.3 is 0 Å². The molecule has 1 unspecified atom stereocenters. The maximum atomic E-state index is 13.6. The number of hydrogen-bond acceptors (Lipinski definition) is 2. The summed E-state index contributed by atoms with van der Waals surface area (Å²) in [6.07, 6.45) is 1.90. The quantitative estimate of drug-likeness (QED) is 0.886. The zero-order chi connectivity index (χ0) is 13.4. The number of benzene rings is 1. The van der Waals surface area contributed by atoms with E-state index in [-0.39, 0.29) is 5.82 Å². The van der Waals surface area contributed by atoms with E-state index in [1.54, 1.807) is 13.8 Å². The van der Waals surface area contributed by atoms with Gasteiger partial charge < -0.3 is 10.0 Å². The number of halogens is 1. The highest BCUT2D eigenvalue weighted by molar-refractivity contribution is 5.57. The monoisotopic (exact) mass is 251 g/mol. The van der Waals surface area contributed by atoms with Gasteiger partial charge in [0.25, 0.3) is 0 Å². The van der Waals surface area contributed by atoms with Crippen molar-refractivity contribution in [3.8, 4) is 0 Å². The average Bonchev–Trinajstić information content (AvgIpc) is 3.14. The van der Waals surface area contributed by atoms with Crippen LogP contribution in [0.15, 0.2) is 12.1 Å². The third-order valence-electron chi connectivity index (χ3n) is 4.05. The topological polar surface area (TPSA) is 23.5 Å². The van der Waals surface area contributed by atoms with Crippen molar-refractivity contribution in [1.82, 2.24) is 0 Å². The lowest BCUT2D eigenvalue weighted by atomic mass is 10.0. The van der Waals surface area contributed by atoms with Crippen molar-refractivity contribution in [3.63, 3.8) is 0 Å². The van der Waals surface area contributed by atoms with E-state index in [0.29, 0.717) is 17.2 Å². The van der Waals surface area contributed by atoms with Gasteiger partial charge in [0.15, 0.2) is 0 Å². The van der Waals surface area contributed by atoms with Crippen molar-refractivity contribution in [1.29, 1.82) is 0 Å². The molecule has 0 spiro atoms. The Balaban J connectivity index is 2.37. The minimum absolute atomic E-state index is 0.248. The number of nitrogens with zero attached hydrogens (tertiary/aromatic N) is 1. The summed E-state index contributed by atoms with van der Waals surface area (Å²) in [5, 5.41) is 9.81. The van der Waals surface area contributed by atoms with Crippen molar-refractivity contribution in [2.75, 3.05) is 11.9 Å². The first-order valence-electron chi connectivity index (χ1n) is 6.62. The summed E-state index contributed by atoms with van der Waals surface area (Å²) in [6, 6.07) is 3.74. The molecule has 3 heteroatoms. The van der Waals surface area contributed by atoms with Gasteiger partial charge in [-0.05, 0) is 57.2 Å². The van der Waals surface area contributed by atoms with Gasteiger partial charge in [0, 0.05) is 24.3 Å². The van der Waals surface area contributed by atoms with Gasteiger partial charge in [-0.15, -0.1) is 0 Å². The van der Waals surface area contributed by atoms with Crippen molar-refractivity contribution in [3.05, 3.63) is 29.1 Å². The highest BCUT2D eigenvalue weighted by Gasteiger charge is 2.31. The van der Waals surface area contributed by atoms with Crippen molar-refractivity contribution < 1.29 is 9.50 Å². The minimum Gasteiger partial charge on any atom is -0.389 e. The third-order valence-corrected chi connectivity index (χ3v) is 4.05. The van der Waals surface area contributed by atoms with E-state index < -0.39 is 6.10 Å². The maximum Gasteiger partial charge on any atom is 0.126 e. The van der Waals surface area contributed by atoms with Crippen LogP contribution in [-0.4, -0.2) is 18.2 Å². The largest absolute Gasteiger partial charge is 0.389 e. The van der Waals surface area contributed by atoms with Crippen molar-refractivity contribution in [2.45, 2.75) is 45.8 Å². The maximum absolute atomic E-state index is 13.6. The van der Waals surface area contributed by atoms with E-state index >= 15 is 0 Å². The summed E-state index contributed by atoms with van der Waals surface area (Å²) in [4.78, 5) is 2.17. The summed E-state index contributed by atoms with van der Waals surface area (Å²) >= 11 is 0. The van der Waals surface area contributed by atoms with Gasteiger partial charge in [0.2, 0.25) is 0 Å². The molecule has 2 nitrogen and oxygen atoms in total. The summed E-state index contributed by atoms with van der Waals surface area (Å²) in [5.74, 6) is 0.490. The second kappa shape index (κ2) is 4.88. The molecule has 1 aromatic rings. The first kappa shape index (κ1) is 13.3. The second-order valence-electron chi connectivity index (χ2n) is 5.53. The number of aliphatic hydroxyl groups excluding tert-OH is 1. The predicted molar refractivity (Wildman–Crippen MR) is 72.4 cm³/mol. The fraction of sp³-hybridized carbons (Fsp3) is 0.600. The van der Waals surface area contributed by atoms with Gasteiger partial charge in [-0.2, -0.15) is 0 Å². The zero-order valence-corrected chi connectivity index (χ0v) is 11.6. The molecule has 1 N–H and O–H groups in total. The Morgan fingerprint density at radius 3 is 2.44 bits per heavy atom. The highest BCUT2D eigenvalue weighted by Crippen LogP contribution is 2.38. The molecule has 1 aromatic carbocycles. The van der Waals surface area contributed by atoms with Crippen molar-refractivity contribution >= 4 is 5.69 Å². The average molecular weight is 251 g/mol. The van der Waals surface area contributed by atoms with Crippen LogP contribution in [-0.2, 0) is 0 Å². The molecule has 0 amide bonds. The molecule has 1 aliphatic carbocycles. The van der Waals surface area contributed by atoms with Crippen LogP contribution in [0.4, 0.5) is 10.1 Å². The molecule has 0 heterocycles. The molecule has 1 fully saturated rings. The zero-order valence-electron chi connectivity index (χ0n) is 11.6. The van der Waals surface area contributed by atoms with E-state index in [0.717, 1.165) is 11.6 Å². The molecule has 0 bridgehead atoms. The lowest BCUT2D eigenvalue weighted by molar-refractivity contribution is 0.199. The van der Waals surface area contributed by atoms with Gasteiger partial charge in [0.05, 0.1) is 6.10 Å². The lowest BCUT2D eigenvalue weighted by Gasteiger charge is -2.30. The highest BCUT2D eigenvalue weighted by atomic mass is 19.1. The van der Waals surface area contributed by atoms with E-state index in [1.165, 1.54) is 18.9 Å². The molecule has 2 atom stereocenters. The molecular formula is C15H22FNO. The first-order valence-corrected chi connectivity index (χ1v) is 6.62. The number of rotatable bonds is 4. The lowest BCUT2D eigenvalue weighted by Crippen LogP contribution is -2.31. The van der Waals surface area contributed by atoms with Crippen molar-refractivity contribution in [2.24, 2.45) is 5.92 Å². The Bertz CT molecular complexity index is 440. The van der Waals surface area contributed by atoms with Crippen LogP contribution in [0, 0.1) is 18.7 Å². The normalized spacial score (nSPS) is 18.6. The molecule has 0 aliphatic heterocycles.